The summed E-state index contributed by atoms with van der Waals surface area (Å²) >= 11 is 0. The molecule has 0 saturated heterocycles. The van der Waals surface area contributed by atoms with Crippen LogP contribution in [0.4, 0.5) is 5.69 Å². The van der Waals surface area contributed by atoms with Gasteiger partial charge in [0.1, 0.15) is 0 Å². The molecule has 162 valence electrons. The number of pyridine rings is 1. The highest BCUT2D eigenvalue weighted by atomic mass is 16.1. The van der Waals surface area contributed by atoms with Crippen molar-refractivity contribution >= 4 is 22.6 Å². The van der Waals surface area contributed by atoms with E-state index in [1.165, 1.54) is 0 Å². The molecule has 0 radical (unpaired) electrons. The normalized spacial score (nSPS) is 16.1. The molecule has 0 aliphatic heterocycles. The number of carbonyl (C=O) groups excluding carboxylic acids is 1. The molecule has 0 spiro atoms. The molecule has 4 aromatic rings. The number of fused-ring (bicyclic) bond motifs is 1. The minimum atomic E-state index is -0.165. The third kappa shape index (κ3) is 3.34. The molecule has 9 nitrogen and oxygen atoms in total. The van der Waals surface area contributed by atoms with Crippen molar-refractivity contribution in [1.82, 2.24) is 35.0 Å². The number of amides is 1. The van der Waals surface area contributed by atoms with Gasteiger partial charge in [-0.25, -0.2) is 14.3 Å². The Bertz CT molecular complexity index is 1330. The fraction of sp³-hybridized carbons (Fsp3) is 0.391. The van der Waals surface area contributed by atoms with Crippen LogP contribution < -0.4 is 5.32 Å². The zero-order valence-corrected chi connectivity index (χ0v) is 18.1. The molecule has 6 rings (SSSR count). The second kappa shape index (κ2) is 7.22. The molecular formula is C23H24N8O. The first-order chi connectivity index (χ1) is 15.6. The van der Waals surface area contributed by atoms with Crippen molar-refractivity contribution in [3.05, 3.63) is 47.8 Å². The molecule has 2 fully saturated rings. The van der Waals surface area contributed by atoms with Crippen molar-refractivity contribution in [3.63, 3.8) is 0 Å². The van der Waals surface area contributed by atoms with E-state index < -0.39 is 0 Å². The molecule has 2 aliphatic carbocycles. The third-order valence-corrected chi connectivity index (χ3v) is 6.08. The van der Waals surface area contributed by atoms with Gasteiger partial charge in [0.15, 0.2) is 11.5 Å². The number of hydrogen-bond donors (Lipinski definition) is 1. The first-order valence-corrected chi connectivity index (χ1v) is 11.2. The lowest BCUT2D eigenvalue weighted by molar-refractivity contribution is 0.102. The van der Waals surface area contributed by atoms with Crippen LogP contribution in [-0.4, -0.2) is 40.9 Å². The number of carbonyl (C=O) groups is 1. The van der Waals surface area contributed by atoms with Crippen LogP contribution in [0.3, 0.4) is 0 Å². The van der Waals surface area contributed by atoms with E-state index in [1.54, 1.807) is 6.20 Å². The second-order valence-corrected chi connectivity index (χ2v) is 9.00. The average molecular weight is 429 g/mol. The number of aromatic nitrogens is 7. The molecule has 32 heavy (non-hydrogen) atoms. The van der Waals surface area contributed by atoms with Crippen LogP contribution in [0, 0.1) is 0 Å². The molecule has 0 atom stereocenters. The Labute approximate surface area is 184 Å². The molecular weight excluding hydrogens is 404 g/mol. The summed E-state index contributed by atoms with van der Waals surface area (Å²) in [5, 5.41) is 20.5. The van der Waals surface area contributed by atoms with E-state index in [0.717, 1.165) is 53.8 Å². The first-order valence-electron chi connectivity index (χ1n) is 11.2. The predicted molar refractivity (Wildman–Crippen MR) is 119 cm³/mol. The highest BCUT2D eigenvalue weighted by molar-refractivity contribution is 6.12. The summed E-state index contributed by atoms with van der Waals surface area (Å²) in [5.74, 6) is 0.997. The smallest absolute Gasteiger partial charge is 0.256 e. The van der Waals surface area contributed by atoms with Gasteiger partial charge in [0, 0.05) is 28.9 Å². The number of nitrogens with zero attached hydrogens (tertiary/aromatic N) is 7. The maximum atomic E-state index is 13.4. The van der Waals surface area contributed by atoms with E-state index >= 15 is 0 Å². The van der Waals surface area contributed by atoms with Gasteiger partial charge in [0.25, 0.3) is 5.91 Å². The van der Waals surface area contributed by atoms with Crippen molar-refractivity contribution in [1.29, 1.82) is 0 Å². The Morgan fingerprint density at radius 2 is 2.00 bits per heavy atom. The van der Waals surface area contributed by atoms with Crippen LogP contribution in [0.25, 0.3) is 22.4 Å². The van der Waals surface area contributed by atoms with E-state index in [9.17, 15) is 4.79 Å². The van der Waals surface area contributed by atoms with Gasteiger partial charge in [0.2, 0.25) is 0 Å². The fourth-order valence-corrected chi connectivity index (χ4v) is 4.07. The fourth-order valence-electron chi connectivity index (χ4n) is 4.07. The van der Waals surface area contributed by atoms with Crippen molar-refractivity contribution in [3.8, 4) is 11.4 Å². The van der Waals surface area contributed by atoms with Gasteiger partial charge in [-0.1, -0.05) is 12.1 Å². The van der Waals surface area contributed by atoms with Gasteiger partial charge in [-0.05, 0) is 68.2 Å². The number of hydrogen-bond acceptors (Lipinski definition) is 6. The molecule has 9 heteroatoms. The summed E-state index contributed by atoms with van der Waals surface area (Å²) in [6.45, 7) is 4.14. The maximum absolute atomic E-state index is 13.4. The summed E-state index contributed by atoms with van der Waals surface area (Å²) in [7, 11) is 0. The highest BCUT2D eigenvalue weighted by Gasteiger charge is 2.29. The van der Waals surface area contributed by atoms with Crippen LogP contribution in [0.15, 0.2) is 36.5 Å². The lowest BCUT2D eigenvalue weighted by Crippen LogP contribution is -2.14. The molecule has 1 amide bonds. The van der Waals surface area contributed by atoms with Crippen LogP contribution in [-0.2, 0) is 0 Å². The molecule has 3 aromatic heterocycles. The van der Waals surface area contributed by atoms with Crippen LogP contribution in [0.5, 0.6) is 0 Å². The summed E-state index contributed by atoms with van der Waals surface area (Å²) in [4.78, 5) is 18.2. The zero-order chi connectivity index (χ0) is 21.8. The van der Waals surface area contributed by atoms with Gasteiger partial charge >= 0.3 is 0 Å². The first kappa shape index (κ1) is 19.1. The van der Waals surface area contributed by atoms with Gasteiger partial charge in [-0.2, -0.15) is 5.10 Å². The van der Waals surface area contributed by atoms with Crippen molar-refractivity contribution in [2.45, 2.75) is 57.5 Å². The highest BCUT2D eigenvalue weighted by Crippen LogP contribution is 2.40. The summed E-state index contributed by atoms with van der Waals surface area (Å²) in [6, 6.07) is 10.1. The maximum Gasteiger partial charge on any atom is 0.256 e. The third-order valence-electron chi connectivity index (χ3n) is 6.08. The summed E-state index contributed by atoms with van der Waals surface area (Å²) < 4.78 is 3.76. The van der Waals surface area contributed by atoms with Crippen molar-refractivity contribution in [2.24, 2.45) is 0 Å². The standard InChI is InChI=1S/C23H24N8O/c1-13(2)30-22-19(12-24-30)18(11-20(26-22)14-6-7-14)23(32)25-16-5-3-4-15(10-16)21-27-28-29-31(21)17-8-9-17/h3-5,10-14,17H,6-9H2,1-2H3,(H,25,32). The van der Waals surface area contributed by atoms with Gasteiger partial charge < -0.3 is 5.32 Å². The van der Waals surface area contributed by atoms with E-state index in [-0.39, 0.29) is 11.9 Å². The van der Waals surface area contributed by atoms with Gasteiger partial charge in [-0.3, -0.25) is 4.79 Å². The van der Waals surface area contributed by atoms with Crippen LogP contribution >= 0.6 is 0 Å². The molecule has 3 heterocycles. The molecule has 0 bridgehead atoms. The Balaban J connectivity index is 1.34. The monoisotopic (exact) mass is 428 g/mol. The minimum absolute atomic E-state index is 0.165. The summed E-state index contributed by atoms with van der Waals surface area (Å²) in [6.07, 6.45) is 6.17. The van der Waals surface area contributed by atoms with E-state index in [4.69, 9.17) is 4.98 Å². The summed E-state index contributed by atoms with van der Waals surface area (Å²) in [5.41, 5.74) is 3.93. The number of rotatable bonds is 6. The van der Waals surface area contributed by atoms with Gasteiger partial charge in [-0.15, -0.1) is 5.10 Å². The average Bonchev–Trinajstić information content (AvgIpc) is 3.72. The SMILES string of the molecule is CC(C)n1ncc2c(C(=O)Nc3cccc(-c4nnnn4C4CC4)c3)cc(C3CC3)nc21. The number of benzene rings is 1. The van der Waals surface area contributed by atoms with Crippen LogP contribution in [0.1, 0.15) is 73.6 Å². The molecule has 1 N–H and O–H groups in total. The van der Waals surface area contributed by atoms with Crippen molar-refractivity contribution in [2.75, 3.05) is 5.32 Å². The van der Waals surface area contributed by atoms with E-state index in [2.05, 4.69) is 39.8 Å². The van der Waals surface area contributed by atoms with Gasteiger partial charge in [0.05, 0.1) is 23.2 Å². The molecule has 2 aliphatic rings. The molecule has 0 unspecified atom stereocenters. The lowest BCUT2D eigenvalue weighted by Gasteiger charge is -2.11. The quantitative estimate of drug-likeness (QED) is 0.495. The Hall–Kier alpha value is -3.62. The number of anilines is 1. The Kier molecular flexibility index (Phi) is 4.31. The van der Waals surface area contributed by atoms with Crippen LogP contribution in [0.2, 0.25) is 0 Å². The van der Waals surface area contributed by atoms with Crippen molar-refractivity contribution < 1.29 is 4.79 Å². The lowest BCUT2D eigenvalue weighted by atomic mass is 10.1. The minimum Gasteiger partial charge on any atom is -0.322 e. The second-order valence-electron chi connectivity index (χ2n) is 9.00. The number of tetrazole rings is 1. The zero-order valence-electron chi connectivity index (χ0n) is 18.1. The number of nitrogens with one attached hydrogen (secondary N) is 1. The van der Waals surface area contributed by atoms with E-state index in [1.807, 2.05) is 39.7 Å². The molecule has 2 saturated carbocycles. The molecule has 1 aromatic carbocycles. The largest absolute Gasteiger partial charge is 0.322 e. The predicted octanol–water partition coefficient (Wildman–Crippen LogP) is 4.13. The Morgan fingerprint density at radius 3 is 2.75 bits per heavy atom. The van der Waals surface area contributed by atoms with E-state index in [0.29, 0.717) is 23.2 Å². The Morgan fingerprint density at radius 1 is 1.16 bits per heavy atom. The topological polar surface area (TPSA) is 103 Å².